The molecular formula is C16H14Cl2FNO. The smallest absolute Gasteiger partial charge is 0.126 e. The highest BCUT2D eigenvalue weighted by Gasteiger charge is 2.29. The summed E-state index contributed by atoms with van der Waals surface area (Å²) >= 11 is 12.1. The SMILES string of the molecule is CNC1CC(c2cc(Cl)cc(Cl)c2)Oc2ccc(F)cc21. The van der Waals surface area contributed by atoms with Crippen molar-refractivity contribution in [2.45, 2.75) is 18.6 Å². The summed E-state index contributed by atoms with van der Waals surface area (Å²) in [7, 11) is 1.85. The normalized spacial score (nSPS) is 20.8. The molecule has 1 aliphatic heterocycles. The van der Waals surface area contributed by atoms with Crippen LogP contribution in [0.3, 0.4) is 0 Å². The third kappa shape index (κ3) is 3.00. The Morgan fingerprint density at radius 3 is 2.52 bits per heavy atom. The minimum atomic E-state index is -0.262. The first-order valence-electron chi connectivity index (χ1n) is 6.66. The Morgan fingerprint density at radius 2 is 1.86 bits per heavy atom. The maximum Gasteiger partial charge on any atom is 0.126 e. The molecule has 3 rings (SSSR count). The quantitative estimate of drug-likeness (QED) is 0.846. The summed E-state index contributed by atoms with van der Waals surface area (Å²) in [5.41, 5.74) is 1.75. The van der Waals surface area contributed by atoms with Crippen molar-refractivity contribution >= 4 is 23.2 Å². The number of nitrogens with one attached hydrogen (secondary N) is 1. The molecule has 0 fully saturated rings. The molecule has 0 amide bonds. The number of fused-ring (bicyclic) bond motifs is 1. The van der Waals surface area contributed by atoms with Crippen LogP contribution in [0.1, 0.15) is 29.7 Å². The van der Waals surface area contributed by atoms with Gasteiger partial charge in [0.05, 0.1) is 0 Å². The standard InChI is InChI=1S/C16H14Cl2FNO/c1-20-14-8-16(9-4-10(17)6-11(18)5-9)21-15-3-2-12(19)7-13(14)15/h2-7,14,16,20H,8H2,1H3. The molecule has 2 atom stereocenters. The average Bonchev–Trinajstić information content (AvgIpc) is 2.45. The molecule has 5 heteroatoms. The lowest BCUT2D eigenvalue weighted by Gasteiger charge is -2.32. The van der Waals surface area contributed by atoms with E-state index in [1.165, 1.54) is 12.1 Å². The Labute approximate surface area is 132 Å². The van der Waals surface area contributed by atoms with Crippen LogP contribution in [0.4, 0.5) is 4.39 Å². The Bertz CT molecular complexity index is 657. The molecule has 1 aliphatic rings. The zero-order valence-corrected chi connectivity index (χ0v) is 12.9. The first kappa shape index (κ1) is 14.6. The molecule has 2 aromatic carbocycles. The van der Waals surface area contributed by atoms with Crippen LogP contribution in [-0.2, 0) is 0 Å². The summed E-state index contributed by atoms with van der Waals surface area (Å²) < 4.78 is 19.4. The lowest BCUT2D eigenvalue weighted by molar-refractivity contribution is 0.153. The minimum absolute atomic E-state index is 0.0206. The van der Waals surface area contributed by atoms with E-state index in [-0.39, 0.29) is 18.0 Å². The Balaban J connectivity index is 1.98. The van der Waals surface area contributed by atoms with Crippen LogP contribution in [0.15, 0.2) is 36.4 Å². The average molecular weight is 326 g/mol. The fourth-order valence-electron chi connectivity index (χ4n) is 2.68. The molecule has 0 aromatic heterocycles. The first-order valence-corrected chi connectivity index (χ1v) is 7.42. The van der Waals surface area contributed by atoms with Crippen LogP contribution < -0.4 is 10.1 Å². The fourth-order valence-corrected chi connectivity index (χ4v) is 3.22. The topological polar surface area (TPSA) is 21.3 Å². The van der Waals surface area contributed by atoms with Crippen LogP contribution in [0, 0.1) is 5.82 Å². The van der Waals surface area contributed by atoms with Gasteiger partial charge in [0.2, 0.25) is 0 Å². The molecule has 2 aromatic rings. The van der Waals surface area contributed by atoms with E-state index in [2.05, 4.69) is 5.32 Å². The van der Waals surface area contributed by atoms with E-state index in [0.29, 0.717) is 22.2 Å². The third-order valence-electron chi connectivity index (χ3n) is 3.67. The summed E-state index contributed by atoms with van der Waals surface area (Å²) in [6, 6.07) is 9.98. The highest BCUT2D eigenvalue weighted by molar-refractivity contribution is 6.34. The molecule has 2 nitrogen and oxygen atoms in total. The third-order valence-corrected chi connectivity index (χ3v) is 4.11. The number of benzene rings is 2. The Hall–Kier alpha value is -1.29. The van der Waals surface area contributed by atoms with Gasteiger partial charge in [-0.3, -0.25) is 0 Å². The predicted octanol–water partition coefficient (Wildman–Crippen LogP) is 4.92. The van der Waals surface area contributed by atoms with Gasteiger partial charge < -0.3 is 10.1 Å². The van der Waals surface area contributed by atoms with E-state index in [0.717, 1.165) is 11.1 Å². The van der Waals surface area contributed by atoms with E-state index in [4.69, 9.17) is 27.9 Å². The molecule has 1 heterocycles. The summed E-state index contributed by atoms with van der Waals surface area (Å²) in [6.07, 6.45) is 0.514. The van der Waals surface area contributed by atoms with Gasteiger partial charge in [0.1, 0.15) is 17.7 Å². The van der Waals surface area contributed by atoms with Gasteiger partial charge in [0.25, 0.3) is 0 Å². The van der Waals surface area contributed by atoms with Gasteiger partial charge in [-0.15, -0.1) is 0 Å². The van der Waals surface area contributed by atoms with Crippen molar-refractivity contribution in [2.24, 2.45) is 0 Å². The molecule has 110 valence electrons. The van der Waals surface area contributed by atoms with Gasteiger partial charge >= 0.3 is 0 Å². The maximum atomic E-state index is 13.4. The second-order valence-corrected chi connectivity index (χ2v) is 5.94. The number of ether oxygens (including phenoxy) is 1. The number of halogens is 3. The van der Waals surface area contributed by atoms with Gasteiger partial charge in [-0.05, 0) is 49.0 Å². The monoisotopic (exact) mass is 325 g/mol. The molecule has 21 heavy (non-hydrogen) atoms. The number of hydrogen-bond donors (Lipinski definition) is 1. The second kappa shape index (κ2) is 5.84. The highest BCUT2D eigenvalue weighted by Crippen LogP contribution is 2.41. The van der Waals surface area contributed by atoms with Gasteiger partial charge in [-0.1, -0.05) is 23.2 Å². The van der Waals surface area contributed by atoms with Crippen LogP contribution in [-0.4, -0.2) is 7.05 Å². The van der Waals surface area contributed by atoms with Crippen molar-refractivity contribution in [3.8, 4) is 5.75 Å². The van der Waals surface area contributed by atoms with E-state index >= 15 is 0 Å². The van der Waals surface area contributed by atoms with Crippen LogP contribution in [0.25, 0.3) is 0 Å². The van der Waals surface area contributed by atoms with Gasteiger partial charge in [0.15, 0.2) is 0 Å². The van der Waals surface area contributed by atoms with E-state index in [9.17, 15) is 4.39 Å². The van der Waals surface area contributed by atoms with Gasteiger partial charge in [0, 0.05) is 28.1 Å². The molecule has 1 N–H and O–H groups in total. The predicted molar refractivity (Wildman–Crippen MR) is 82.6 cm³/mol. The Kier molecular flexibility index (Phi) is 4.07. The molecule has 2 unspecified atom stereocenters. The maximum absolute atomic E-state index is 13.4. The first-order chi connectivity index (χ1) is 10.1. The van der Waals surface area contributed by atoms with Crippen molar-refractivity contribution in [1.29, 1.82) is 0 Å². The number of rotatable bonds is 2. The lowest BCUT2D eigenvalue weighted by Crippen LogP contribution is -2.26. The van der Waals surface area contributed by atoms with Crippen molar-refractivity contribution in [1.82, 2.24) is 5.32 Å². The molecule has 0 saturated carbocycles. The van der Waals surface area contributed by atoms with Crippen LogP contribution in [0.2, 0.25) is 10.0 Å². The zero-order valence-electron chi connectivity index (χ0n) is 11.4. The molecule has 0 spiro atoms. The summed E-state index contributed by atoms with van der Waals surface area (Å²) in [5.74, 6) is 0.421. The van der Waals surface area contributed by atoms with Crippen molar-refractivity contribution in [3.63, 3.8) is 0 Å². The van der Waals surface area contributed by atoms with E-state index in [1.54, 1.807) is 12.1 Å². The zero-order chi connectivity index (χ0) is 15.0. The molecule has 0 aliphatic carbocycles. The number of hydrogen-bond acceptors (Lipinski definition) is 2. The molecule has 0 saturated heterocycles. The highest BCUT2D eigenvalue weighted by atomic mass is 35.5. The van der Waals surface area contributed by atoms with Crippen LogP contribution >= 0.6 is 23.2 Å². The van der Waals surface area contributed by atoms with Crippen LogP contribution in [0.5, 0.6) is 5.75 Å². The molecule has 0 radical (unpaired) electrons. The van der Waals surface area contributed by atoms with Crippen molar-refractivity contribution in [3.05, 3.63) is 63.4 Å². The largest absolute Gasteiger partial charge is 0.485 e. The van der Waals surface area contributed by atoms with Crippen molar-refractivity contribution in [2.75, 3.05) is 7.05 Å². The van der Waals surface area contributed by atoms with E-state index < -0.39 is 0 Å². The second-order valence-electron chi connectivity index (χ2n) is 5.07. The lowest BCUT2D eigenvalue weighted by atomic mass is 9.93. The minimum Gasteiger partial charge on any atom is -0.485 e. The van der Waals surface area contributed by atoms with Gasteiger partial charge in [-0.25, -0.2) is 4.39 Å². The molecule has 0 bridgehead atoms. The Morgan fingerprint density at radius 1 is 1.14 bits per heavy atom. The summed E-state index contributed by atoms with van der Waals surface area (Å²) in [5, 5.41) is 4.36. The van der Waals surface area contributed by atoms with Crippen molar-refractivity contribution < 1.29 is 9.13 Å². The summed E-state index contributed by atoms with van der Waals surface area (Å²) in [4.78, 5) is 0. The molecular weight excluding hydrogens is 312 g/mol. The van der Waals surface area contributed by atoms with Gasteiger partial charge in [-0.2, -0.15) is 0 Å². The fraction of sp³-hybridized carbons (Fsp3) is 0.250. The van der Waals surface area contributed by atoms with E-state index in [1.807, 2.05) is 19.2 Å². The summed E-state index contributed by atoms with van der Waals surface area (Å²) in [6.45, 7) is 0.